The minimum Gasteiger partial charge on any atom is -0.351 e. The maximum Gasteiger partial charge on any atom is 0.103 e. The van der Waals surface area contributed by atoms with Gasteiger partial charge in [-0.3, -0.25) is 0 Å². The van der Waals surface area contributed by atoms with Gasteiger partial charge in [-0.25, -0.2) is 0 Å². The molecule has 0 saturated heterocycles. The van der Waals surface area contributed by atoms with E-state index in [1.165, 1.54) is 16.7 Å². The van der Waals surface area contributed by atoms with Crippen molar-refractivity contribution in [2.75, 3.05) is 16.8 Å². The summed E-state index contributed by atoms with van der Waals surface area (Å²) in [6.07, 6.45) is 0.0703. The highest BCUT2D eigenvalue weighted by Crippen LogP contribution is 2.47. The van der Waals surface area contributed by atoms with Crippen molar-refractivity contribution in [1.82, 2.24) is 0 Å². The summed E-state index contributed by atoms with van der Waals surface area (Å²) in [6.45, 7) is 8.46. The van der Waals surface area contributed by atoms with Gasteiger partial charge in [-0.05, 0) is 62.6 Å². The highest BCUT2D eigenvalue weighted by atomic mass is 15.4. The third-order valence-corrected chi connectivity index (χ3v) is 4.98. The molecule has 1 atom stereocenters. The second-order valence-electron chi connectivity index (χ2n) is 6.42. The van der Waals surface area contributed by atoms with E-state index >= 15 is 0 Å². The number of fused-ring (bicyclic) bond motifs is 1. The maximum absolute atomic E-state index is 9.57. The molecule has 0 N–H and O–H groups in total. The van der Waals surface area contributed by atoms with Gasteiger partial charge in [0.25, 0.3) is 0 Å². The van der Waals surface area contributed by atoms with Crippen molar-refractivity contribution in [2.24, 2.45) is 0 Å². The van der Waals surface area contributed by atoms with Crippen LogP contribution in [0.1, 0.15) is 34.7 Å². The van der Waals surface area contributed by atoms with Crippen molar-refractivity contribution in [1.29, 1.82) is 10.5 Å². The van der Waals surface area contributed by atoms with Gasteiger partial charge in [-0.1, -0.05) is 6.07 Å². The molecular weight excluding hydrogens is 296 g/mol. The van der Waals surface area contributed by atoms with E-state index in [2.05, 4.69) is 61.8 Å². The van der Waals surface area contributed by atoms with Crippen LogP contribution in [0.25, 0.3) is 0 Å². The van der Waals surface area contributed by atoms with E-state index in [1.54, 1.807) is 6.07 Å². The summed E-state index contributed by atoms with van der Waals surface area (Å²) in [4.78, 5) is 4.33. The Labute approximate surface area is 143 Å². The minimum absolute atomic E-state index is 0.0703. The summed E-state index contributed by atoms with van der Waals surface area (Å²) in [6, 6.07) is 12.4. The Bertz CT molecular complexity index is 915. The second-order valence-corrected chi connectivity index (χ2v) is 6.42. The van der Waals surface area contributed by atoms with Crippen molar-refractivity contribution in [3.05, 3.63) is 52.1 Å². The van der Waals surface area contributed by atoms with Crippen LogP contribution in [-0.2, 0) is 0 Å². The first-order valence-corrected chi connectivity index (χ1v) is 7.97. The fourth-order valence-corrected chi connectivity index (χ4v) is 3.50. The monoisotopic (exact) mass is 316 g/mol. The molecule has 24 heavy (non-hydrogen) atoms. The molecule has 0 fully saturated rings. The summed E-state index contributed by atoms with van der Waals surface area (Å²) in [5.74, 6) is 0. The van der Waals surface area contributed by atoms with Crippen molar-refractivity contribution in [2.45, 2.75) is 33.9 Å². The Balaban J connectivity index is 2.30. The number of benzene rings is 2. The fourth-order valence-electron chi connectivity index (χ4n) is 3.50. The molecule has 0 saturated carbocycles. The third kappa shape index (κ3) is 2.12. The van der Waals surface area contributed by atoms with Gasteiger partial charge in [-0.15, -0.1) is 0 Å². The second kappa shape index (κ2) is 5.58. The van der Waals surface area contributed by atoms with Gasteiger partial charge in [0.2, 0.25) is 0 Å². The molecule has 3 rings (SSSR count). The van der Waals surface area contributed by atoms with Crippen molar-refractivity contribution < 1.29 is 0 Å². The standard InChI is InChI=1S/C20H20N4/c1-12-8-13(2)14(3)19(9-12)24-15(4)23(5)20-17(11-22)16(10-21)6-7-18(20)24/h6-9,15H,1-5H3/t15-/m0/s1. The quantitative estimate of drug-likeness (QED) is 0.787. The van der Waals surface area contributed by atoms with Crippen LogP contribution >= 0.6 is 0 Å². The molecule has 0 amide bonds. The Morgan fingerprint density at radius 1 is 1.00 bits per heavy atom. The summed E-state index contributed by atoms with van der Waals surface area (Å²) in [5, 5.41) is 18.9. The molecule has 4 heteroatoms. The van der Waals surface area contributed by atoms with E-state index in [9.17, 15) is 10.5 Å². The van der Waals surface area contributed by atoms with Gasteiger partial charge in [0.15, 0.2) is 0 Å². The lowest BCUT2D eigenvalue weighted by atomic mass is 10.0. The summed E-state index contributed by atoms with van der Waals surface area (Å²) in [7, 11) is 1.98. The lowest BCUT2D eigenvalue weighted by molar-refractivity contribution is 0.731. The number of hydrogen-bond donors (Lipinski definition) is 0. The van der Waals surface area contributed by atoms with E-state index < -0.39 is 0 Å². The molecule has 4 nitrogen and oxygen atoms in total. The van der Waals surface area contributed by atoms with E-state index in [0.717, 1.165) is 17.1 Å². The number of hydrogen-bond acceptors (Lipinski definition) is 4. The molecule has 0 bridgehead atoms. The zero-order chi connectivity index (χ0) is 17.6. The molecule has 1 heterocycles. The topological polar surface area (TPSA) is 54.1 Å². The SMILES string of the molecule is Cc1cc(C)c(C)c(N2c3ccc(C#N)c(C#N)c3N(C)[C@@H]2C)c1. The van der Waals surface area contributed by atoms with Gasteiger partial charge >= 0.3 is 0 Å². The first-order valence-electron chi connectivity index (χ1n) is 7.97. The molecule has 0 unspecified atom stereocenters. The Hall–Kier alpha value is -2.98. The average Bonchev–Trinajstić information content (AvgIpc) is 2.81. The van der Waals surface area contributed by atoms with Crippen LogP contribution in [0.5, 0.6) is 0 Å². The van der Waals surface area contributed by atoms with E-state index in [-0.39, 0.29) is 6.17 Å². The number of rotatable bonds is 1. The zero-order valence-electron chi connectivity index (χ0n) is 14.7. The van der Waals surface area contributed by atoms with Gasteiger partial charge in [0.05, 0.1) is 22.5 Å². The van der Waals surface area contributed by atoms with Gasteiger partial charge < -0.3 is 9.80 Å². The highest BCUT2D eigenvalue weighted by molar-refractivity contribution is 5.89. The van der Waals surface area contributed by atoms with Gasteiger partial charge in [-0.2, -0.15) is 10.5 Å². The molecule has 0 radical (unpaired) electrons. The molecule has 120 valence electrons. The van der Waals surface area contributed by atoms with Gasteiger partial charge in [0.1, 0.15) is 18.3 Å². The first kappa shape index (κ1) is 15.9. The predicted octanol–water partition coefficient (Wildman–Crippen LogP) is 4.29. The lowest BCUT2D eigenvalue weighted by Gasteiger charge is -2.30. The van der Waals surface area contributed by atoms with E-state index in [0.29, 0.717) is 11.1 Å². The molecule has 1 aliphatic heterocycles. The number of aryl methyl sites for hydroxylation is 2. The first-order chi connectivity index (χ1) is 11.4. The largest absolute Gasteiger partial charge is 0.351 e. The van der Waals surface area contributed by atoms with Crippen LogP contribution in [0.4, 0.5) is 17.1 Å². The smallest absolute Gasteiger partial charge is 0.103 e. The van der Waals surface area contributed by atoms with Crippen LogP contribution in [0.15, 0.2) is 24.3 Å². The molecule has 2 aromatic rings. The summed E-state index contributed by atoms with van der Waals surface area (Å²) >= 11 is 0. The van der Waals surface area contributed by atoms with E-state index in [4.69, 9.17) is 0 Å². The predicted molar refractivity (Wildman–Crippen MR) is 96.5 cm³/mol. The lowest BCUT2D eigenvalue weighted by Crippen LogP contribution is -2.36. The number of nitriles is 2. The van der Waals surface area contributed by atoms with Crippen molar-refractivity contribution >= 4 is 17.1 Å². The Morgan fingerprint density at radius 2 is 1.71 bits per heavy atom. The third-order valence-electron chi connectivity index (χ3n) is 4.98. The molecule has 0 aliphatic carbocycles. The van der Waals surface area contributed by atoms with Crippen LogP contribution in [0.3, 0.4) is 0 Å². The number of anilines is 3. The Kier molecular flexibility index (Phi) is 3.70. The van der Waals surface area contributed by atoms with Crippen LogP contribution in [-0.4, -0.2) is 13.2 Å². The highest BCUT2D eigenvalue weighted by Gasteiger charge is 2.35. The molecule has 0 aromatic heterocycles. The van der Waals surface area contributed by atoms with Gasteiger partial charge in [0, 0.05) is 12.7 Å². The van der Waals surface area contributed by atoms with Crippen molar-refractivity contribution in [3.63, 3.8) is 0 Å². The number of nitrogens with zero attached hydrogens (tertiary/aromatic N) is 4. The van der Waals surface area contributed by atoms with E-state index in [1.807, 2.05) is 13.1 Å². The molecular formula is C20H20N4. The van der Waals surface area contributed by atoms with Crippen LogP contribution < -0.4 is 9.80 Å². The molecule has 1 aliphatic rings. The summed E-state index contributed by atoms with van der Waals surface area (Å²) in [5.41, 5.74) is 7.54. The fraction of sp³-hybridized carbons (Fsp3) is 0.300. The minimum atomic E-state index is 0.0703. The maximum atomic E-state index is 9.57. The Morgan fingerprint density at radius 3 is 2.33 bits per heavy atom. The van der Waals surface area contributed by atoms with Crippen LogP contribution in [0, 0.1) is 43.4 Å². The molecule has 2 aromatic carbocycles. The normalized spacial score (nSPS) is 15.9. The average molecular weight is 316 g/mol. The van der Waals surface area contributed by atoms with Crippen molar-refractivity contribution in [3.8, 4) is 12.1 Å². The van der Waals surface area contributed by atoms with Crippen LogP contribution in [0.2, 0.25) is 0 Å². The molecule has 0 spiro atoms. The zero-order valence-corrected chi connectivity index (χ0v) is 14.7. The summed E-state index contributed by atoms with van der Waals surface area (Å²) < 4.78 is 0.